The third-order valence-electron chi connectivity index (χ3n) is 1.45. The molecule has 1 aliphatic carbocycles. The van der Waals surface area contributed by atoms with Crippen molar-refractivity contribution in [2.24, 2.45) is 0 Å². The lowest BCUT2D eigenvalue weighted by Crippen LogP contribution is -2.03. The van der Waals surface area contributed by atoms with E-state index in [0.29, 0.717) is 0 Å². The molecule has 1 rings (SSSR count). The van der Waals surface area contributed by atoms with Gasteiger partial charge in [0.2, 0.25) is 0 Å². The van der Waals surface area contributed by atoms with E-state index in [4.69, 9.17) is 0 Å². The minimum atomic E-state index is -2.18. The van der Waals surface area contributed by atoms with Crippen molar-refractivity contribution >= 4 is 10.7 Å². The summed E-state index contributed by atoms with van der Waals surface area (Å²) in [5.74, 6) is 1.20. The molecule has 0 bridgehead atoms. The zero-order valence-corrected chi connectivity index (χ0v) is 5.65. The van der Waals surface area contributed by atoms with Gasteiger partial charge >= 0.3 is 0 Å². The molecule has 0 aromatic carbocycles. The average molecular weight is 133 g/mol. The van der Waals surface area contributed by atoms with E-state index in [2.05, 4.69) is 0 Å². The van der Waals surface area contributed by atoms with Gasteiger partial charge in [-0.25, -0.2) is 8.42 Å². The first-order chi connectivity index (χ1) is 3.72. The fraction of sp³-hybridized carbons (Fsp3) is 0.800. The molecular formula is C5H9O2S. The van der Waals surface area contributed by atoms with Crippen molar-refractivity contribution in [2.75, 3.05) is 0 Å². The molecule has 0 saturated heterocycles. The van der Waals surface area contributed by atoms with Crippen molar-refractivity contribution in [1.82, 2.24) is 0 Å². The summed E-state index contributed by atoms with van der Waals surface area (Å²) in [6.07, 6.45) is 2.06. The Balaban J connectivity index is 2.44. The highest BCUT2D eigenvalue weighted by atomic mass is 32.2. The predicted octanol–water partition coefficient (Wildman–Crippen LogP) is 0.355. The van der Waals surface area contributed by atoms with Crippen molar-refractivity contribution in [3.05, 3.63) is 5.92 Å². The van der Waals surface area contributed by atoms with Crippen LogP contribution in [-0.4, -0.2) is 13.7 Å². The summed E-state index contributed by atoms with van der Waals surface area (Å²) >= 11 is 0. The minimum Gasteiger partial charge on any atom is -0.232 e. The van der Waals surface area contributed by atoms with Gasteiger partial charge in [0, 0.05) is 0 Å². The van der Waals surface area contributed by atoms with Gasteiger partial charge < -0.3 is 0 Å². The number of thiol groups is 1. The molecule has 0 aromatic rings. The molecular weight excluding hydrogens is 124 g/mol. The molecule has 0 spiro atoms. The number of hydrogen-bond donors (Lipinski definition) is 1. The molecule has 0 amide bonds. The molecule has 0 aliphatic heterocycles. The van der Waals surface area contributed by atoms with Crippen LogP contribution in [-0.2, 0) is 10.7 Å². The Morgan fingerprint density at radius 1 is 1.50 bits per heavy atom. The van der Waals surface area contributed by atoms with E-state index in [1.807, 2.05) is 0 Å². The first-order valence-corrected chi connectivity index (χ1v) is 3.94. The van der Waals surface area contributed by atoms with Crippen LogP contribution in [0.3, 0.4) is 0 Å². The third-order valence-corrected chi connectivity index (χ3v) is 2.44. The largest absolute Gasteiger partial charge is 0.232 e. The quantitative estimate of drug-likeness (QED) is 0.552. The van der Waals surface area contributed by atoms with E-state index in [-0.39, 0.29) is 5.25 Å². The zero-order chi connectivity index (χ0) is 6.15. The molecule has 2 nitrogen and oxygen atoms in total. The summed E-state index contributed by atoms with van der Waals surface area (Å²) < 4.78 is 20.4. The van der Waals surface area contributed by atoms with Crippen LogP contribution < -0.4 is 0 Å². The smallest absolute Gasteiger partial charge is 0.143 e. The van der Waals surface area contributed by atoms with Gasteiger partial charge in [0.25, 0.3) is 0 Å². The van der Waals surface area contributed by atoms with Crippen LogP contribution in [0.5, 0.6) is 0 Å². The monoisotopic (exact) mass is 133 g/mol. The molecule has 0 heterocycles. The second kappa shape index (κ2) is 2.05. The van der Waals surface area contributed by atoms with E-state index in [1.54, 1.807) is 6.92 Å². The molecule has 1 fully saturated rings. The van der Waals surface area contributed by atoms with Crippen molar-refractivity contribution in [2.45, 2.75) is 25.0 Å². The van der Waals surface area contributed by atoms with Gasteiger partial charge in [0.1, 0.15) is 10.7 Å². The summed E-state index contributed by atoms with van der Waals surface area (Å²) in [5, 5.41) is -0.148. The molecule has 1 atom stereocenters. The maximum atomic E-state index is 10.2. The van der Waals surface area contributed by atoms with Gasteiger partial charge in [-0.3, -0.25) is 0 Å². The fourth-order valence-electron chi connectivity index (χ4n) is 0.639. The average Bonchev–Trinajstić information content (AvgIpc) is 2.43. The van der Waals surface area contributed by atoms with Gasteiger partial charge in [-0.05, 0) is 25.7 Å². The highest BCUT2D eigenvalue weighted by Crippen LogP contribution is 2.36. The summed E-state index contributed by atoms with van der Waals surface area (Å²) in [6.45, 7) is 1.74. The molecule has 3 heteroatoms. The third kappa shape index (κ3) is 1.22. The molecule has 0 aromatic heterocycles. The van der Waals surface area contributed by atoms with Crippen LogP contribution >= 0.6 is 0 Å². The lowest BCUT2D eigenvalue weighted by atomic mass is 10.3. The highest BCUT2D eigenvalue weighted by Gasteiger charge is 2.30. The number of hydrogen-bond acceptors (Lipinski definition) is 2. The van der Waals surface area contributed by atoms with Crippen molar-refractivity contribution < 1.29 is 8.42 Å². The van der Waals surface area contributed by atoms with Crippen LogP contribution in [0.2, 0.25) is 0 Å². The molecule has 0 N–H and O–H groups in total. The normalized spacial score (nSPS) is 23.8. The Hall–Kier alpha value is -0.0500. The van der Waals surface area contributed by atoms with Crippen LogP contribution in [0.25, 0.3) is 0 Å². The standard InChI is InChI=1S/C5H9O2S/c1-4(8(6)7)5-2-3-5/h4,8H,2-3H2,1H3. The van der Waals surface area contributed by atoms with Crippen LogP contribution in [0.4, 0.5) is 0 Å². The second-order valence-electron chi connectivity index (χ2n) is 2.12. The van der Waals surface area contributed by atoms with Crippen LogP contribution in [0.15, 0.2) is 0 Å². The van der Waals surface area contributed by atoms with Gasteiger partial charge in [0.15, 0.2) is 0 Å². The molecule has 1 saturated carbocycles. The fourth-order valence-corrected chi connectivity index (χ4v) is 1.20. The summed E-state index contributed by atoms with van der Waals surface area (Å²) in [5.41, 5.74) is 0. The summed E-state index contributed by atoms with van der Waals surface area (Å²) in [4.78, 5) is 0. The molecule has 1 unspecified atom stereocenters. The molecule has 1 aliphatic rings. The molecule has 8 heavy (non-hydrogen) atoms. The first kappa shape index (κ1) is 6.08. The Morgan fingerprint density at radius 3 is 2.12 bits per heavy atom. The Morgan fingerprint density at radius 2 is 2.00 bits per heavy atom. The zero-order valence-electron chi connectivity index (χ0n) is 4.76. The lowest BCUT2D eigenvalue weighted by molar-refractivity contribution is 0.607. The number of rotatable bonds is 2. The maximum Gasteiger partial charge on any atom is 0.143 e. The Bertz CT molecular complexity index is 139. The van der Waals surface area contributed by atoms with E-state index in [1.165, 1.54) is 5.92 Å². The van der Waals surface area contributed by atoms with Crippen molar-refractivity contribution in [3.8, 4) is 0 Å². The van der Waals surface area contributed by atoms with E-state index < -0.39 is 10.7 Å². The maximum absolute atomic E-state index is 10.2. The van der Waals surface area contributed by atoms with Crippen LogP contribution in [0.1, 0.15) is 19.8 Å². The van der Waals surface area contributed by atoms with Gasteiger partial charge in [-0.15, -0.1) is 0 Å². The minimum absolute atomic E-state index is 0.148. The van der Waals surface area contributed by atoms with Crippen molar-refractivity contribution in [1.29, 1.82) is 0 Å². The molecule has 1 radical (unpaired) electrons. The Kier molecular flexibility index (Phi) is 1.56. The summed E-state index contributed by atoms with van der Waals surface area (Å²) in [7, 11) is -2.18. The van der Waals surface area contributed by atoms with E-state index in [9.17, 15) is 8.42 Å². The van der Waals surface area contributed by atoms with Gasteiger partial charge in [-0.1, -0.05) is 0 Å². The Labute approximate surface area is 50.9 Å². The van der Waals surface area contributed by atoms with E-state index >= 15 is 0 Å². The van der Waals surface area contributed by atoms with Gasteiger partial charge in [0.05, 0.1) is 5.25 Å². The lowest BCUT2D eigenvalue weighted by Gasteiger charge is -1.94. The predicted molar refractivity (Wildman–Crippen MR) is 32.3 cm³/mol. The first-order valence-electron chi connectivity index (χ1n) is 2.70. The topological polar surface area (TPSA) is 34.1 Å². The van der Waals surface area contributed by atoms with E-state index in [0.717, 1.165) is 12.8 Å². The molecule has 47 valence electrons. The van der Waals surface area contributed by atoms with Crippen LogP contribution in [0, 0.1) is 5.92 Å². The van der Waals surface area contributed by atoms with Gasteiger partial charge in [-0.2, -0.15) is 0 Å². The second-order valence-corrected chi connectivity index (χ2v) is 3.46. The summed E-state index contributed by atoms with van der Waals surface area (Å²) in [6, 6.07) is 0. The SMILES string of the molecule is CC([C]1CC1)[SH](=O)=O. The van der Waals surface area contributed by atoms with Crippen molar-refractivity contribution in [3.63, 3.8) is 0 Å². The highest BCUT2D eigenvalue weighted by molar-refractivity contribution is 7.73.